The molecule has 0 aromatic carbocycles. The van der Waals surface area contributed by atoms with Crippen LogP contribution in [0, 0.1) is 6.92 Å². The van der Waals surface area contributed by atoms with Crippen LogP contribution in [-0.2, 0) is 4.79 Å². The van der Waals surface area contributed by atoms with Gasteiger partial charge in [0, 0.05) is 6.42 Å². The molecule has 0 aliphatic heterocycles. The zero-order valence-electron chi connectivity index (χ0n) is 15.8. The van der Waals surface area contributed by atoms with Crippen LogP contribution in [-0.4, -0.2) is 11.8 Å². The van der Waals surface area contributed by atoms with Crippen molar-refractivity contribution in [2.45, 2.75) is 122 Å². The van der Waals surface area contributed by atoms with E-state index in [1.807, 2.05) is 0 Å². The Morgan fingerprint density at radius 2 is 1.09 bits per heavy atom. The number of carbonyl (C=O) groups is 1. The van der Waals surface area contributed by atoms with Gasteiger partial charge in [-0.1, -0.05) is 104 Å². The standard InChI is InChI=1S/C21H42NO/c1-3-5-6-7-8-9-10-11-12-13-14-15-16-17-18-19-21(23)20(22)4-2/h20H,2-19,22H2,1H3. The lowest BCUT2D eigenvalue weighted by atomic mass is 10.0. The summed E-state index contributed by atoms with van der Waals surface area (Å²) in [7, 11) is 0. The first-order chi connectivity index (χ1) is 11.2. The van der Waals surface area contributed by atoms with E-state index in [2.05, 4.69) is 13.8 Å². The predicted octanol–water partition coefficient (Wildman–Crippen LogP) is 6.37. The summed E-state index contributed by atoms with van der Waals surface area (Å²) >= 11 is 0. The van der Waals surface area contributed by atoms with Crippen molar-refractivity contribution < 1.29 is 4.79 Å². The van der Waals surface area contributed by atoms with E-state index in [9.17, 15) is 4.79 Å². The Balaban J connectivity index is 3.09. The van der Waals surface area contributed by atoms with Crippen molar-refractivity contribution in [2.75, 3.05) is 0 Å². The Morgan fingerprint density at radius 3 is 1.43 bits per heavy atom. The molecule has 0 spiro atoms. The van der Waals surface area contributed by atoms with Crippen molar-refractivity contribution in [1.82, 2.24) is 0 Å². The second kappa shape index (κ2) is 18.0. The number of Topliss-reactive ketones (excluding diaryl/α,β-unsaturated/α-hetero) is 1. The molecule has 2 nitrogen and oxygen atoms in total. The fourth-order valence-electron chi connectivity index (χ4n) is 3.02. The van der Waals surface area contributed by atoms with Crippen LogP contribution in [0.5, 0.6) is 0 Å². The van der Waals surface area contributed by atoms with Crippen molar-refractivity contribution in [3.8, 4) is 0 Å². The van der Waals surface area contributed by atoms with Crippen LogP contribution in [0.25, 0.3) is 0 Å². The van der Waals surface area contributed by atoms with Gasteiger partial charge in [0.1, 0.15) is 5.78 Å². The van der Waals surface area contributed by atoms with E-state index in [-0.39, 0.29) is 11.8 Å². The van der Waals surface area contributed by atoms with Crippen LogP contribution in [0.2, 0.25) is 0 Å². The van der Waals surface area contributed by atoms with Crippen molar-refractivity contribution in [3.05, 3.63) is 6.92 Å². The molecule has 0 amide bonds. The number of carbonyl (C=O) groups excluding carboxylic acids is 1. The topological polar surface area (TPSA) is 43.1 Å². The maximum Gasteiger partial charge on any atom is 0.149 e. The molecule has 0 aliphatic rings. The average Bonchev–Trinajstić information content (AvgIpc) is 2.57. The fraction of sp³-hybridized carbons (Fsp3) is 0.905. The highest BCUT2D eigenvalue weighted by atomic mass is 16.1. The quantitative estimate of drug-likeness (QED) is 0.298. The Kier molecular flexibility index (Phi) is 17.7. The third-order valence-corrected chi connectivity index (χ3v) is 4.75. The molecule has 137 valence electrons. The number of hydrogen-bond donors (Lipinski definition) is 1. The Bertz CT molecular complexity index is 252. The van der Waals surface area contributed by atoms with Crippen LogP contribution in [0.1, 0.15) is 116 Å². The summed E-state index contributed by atoms with van der Waals surface area (Å²) in [6, 6.07) is -0.332. The summed E-state index contributed by atoms with van der Waals surface area (Å²) in [5.74, 6) is 0.190. The van der Waals surface area contributed by atoms with Gasteiger partial charge in [-0.15, -0.1) is 0 Å². The molecular formula is C21H42NO. The molecule has 0 aromatic rings. The maximum atomic E-state index is 11.5. The summed E-state index contributed by atoms with van der Waals surface area (Å²) in [6.45, 7) is 5.96. The third-order valence-electron chi connectivity index (χ3n) is 4.75. The van der Waals surface area contributed by atoms with Crippen LogP contribution in [0.4, 0.5) is 0 Å². The monoisotopic (exact) mass is 324 g/mol. The van der Waals surface area contributed by atoms with Crippen LogP contribution < -0.4 is 5.73 Å². The molecule has 0 aliphatic carbocycles. The molecule has 0 bridgehead atoms. The van der Waals surface area contributed by atoms with Gasteiger partial charge in [0.15, 0.2) is 0 Å². The summed E-state index contributed by atoms with van der Waals surface area (Å²) in [5.41, 5.74) is 5.67. The molecule has 0 aromatic heterocycles. The van der Waals surface area contributed by atoms with E-state index in [4.69, 9.17) is 5.73 Å². The van der Waals surface area contributed by atoms with E-state index in [0.717, 1.165) is 6.42 Å². The highest BCUT2D eigenvalue weighted by molar-refractivity contribution is 5.83. The summed E-state index contributed by atoms with van der Waals surface area (Å²) < 4.78 is 0. The average molecular weight is 325 g/mol. The zero-order chi connectivity index (χ0) is 17.2. The highest BCUT2D eigenvalue weighted by Gasteiger charge is 2.09. The van der Waals surface area contributed by atoms with E-state index in [0.29, 0.717) is 12.8 Å². The van der Waals surface area contributed by atoms with Gasteiger partial charge in [-0.3, -0.25) is 4.79 Å². The molecule has 1 atom stereocenters. The molecule has 0 saturated heterocycles. The van der Waals surface area contributed by atoms with Crippen molar-refractivity contribution >= 4 is 5.78 Å². The largest absolute Gasteiger partial charge is 0.322 e. The minimum absolute atomic E-state index is 0.190. The molecule has 0 saturated carbocycles. The third kappa shape index (κ3) is 16.3. The molecule has 1 radical (unpaired) electrons. The normalized spacial score (nSPS) is 12.5. The number of unbranched alkanes of at least 4 members (excludes halogenated alkanes) is 14. The van der Waals surface area contributed by atoms with Gasteiger partial charge in [0.05, 0.1) is 6.04 Å². The first kappa shape index (κ1) is 22.6. The molecule has 0 heterocycles. The molecular weight excluding hydrogens is 282 g/mol. The predicted molar refractivity (Wildman–Crippen MR) is 103 cm³/mol. The summed E-state index contributed by atoms with van der Waals surface area (Å²) in [6.07, 6.45) is 21.5. The minimum Gasteiger partial charge on any atom is -0.322 e. The molecule has 2 heteroatoms. The number of hydrogen-bond acceptors (Lipinski definition) is 2. The zero-order valence-corrected chi connectivity index (χ0v) is 15.8. The molecule has 0 fully saturated rings. The van der Waals surface area contributed by atoms with Gasteiger partial charge in [0.25, 0.3) is 0 Å². The number of ketones is 1. The van der Waals surface area contributed by atoms with E-state index in [1.165, 1.54) is 89.9 Å². The summed E-state index contributed by atoms with van der Waals surface area (Å²) in [5, 5.41) is 0. The van der Waals surface area contributed by atoms with Gasteiger partial charge >= 0.3 is 0 Å². The first-order valence-electron chi connectivity index (χ1n) is 10.3. The Labute approximate surface area is 146 Å². The fourth-order valence-corrected chi connectivity index (χ4v) is 3.02. The van der Waals surface area contributed by atoms with E-state index in [1.54, 1.807) is 0 Å². The van der Waals surface area contributed by atoms with E-state index >= 15 is 0 Å². The molecule has 2 N–H and O–H groups in total. The van der Waals surface area contributed by atoms with Gasteiger partial charge in [-0.2, -0.15) is 0 Å². The number of rotatable bonds is 18. The first-order valence-corrected chi connectivity index (χ1v) is 10.3. The minimum atomic E-state index is -0.332. The lowest BCUT2D eigenvalue weighted by Crippen LogP contribution is -2.29. The Morgan fingerprint density at radius 1 is 0.739 bits per heavy atom. The van der Waals surface area contributed by atoms with Crippen molar-refractivity contribution in [3.63, 3.8) is 0 Å². The van der Waals surface area contributed by atoms with Gasteiger partial charge in [-0.05, 0) is 12.8 Å². The molecule has 1 unspecified atom stereocenters. The number of nitrogens with two attached hydrogens (primary N) is 1. The van der Waals surface area contributed by atoms with Crippen LogP contribution >= 0.6 is 0 Å². The second-order valence-corrected chi connectivity index (χ2v) is 7.06. The molecule has 23 heavy (non-hydrogen) atoms. The van der Waals surface area contributed by atoms with Crippen LogP contribution in [0.15, 0.2) is 0 Å². The maximum absolute atomic E-state index is 11.5. The highest BCUT2D eigenvalue weighted by Crippen LogP contribution is 2.13. The van der Waals surface area contributed by atoms with Gasteiger partial charge < -0.3 is 5.73 Å². The smallest absolute Gasteiger partial charge is 0.149 e. The summed E-state index contributed by atoms with van der Waals surface area (Å²) in [4.78, 5) is 11.5. The SMILES string of the molecule is [CH2]CC(N)C(=O)CCCCCCCCCCCCCCCCC. The lowest BCUT2D eigenvalue weighted by molar-refractivity contribution is -0.120. The lowest BCUT2D eigenvalue weighted by Gasteiger charge is -2.07. The van der Waals surface area contributed by atoms with Gasteiger partial charge in [-0.25, -0.2) is 0 Å². The van der Waals surface area contributed by atoms with Crippen LogP contribution in [0.3, 0.4) is 0 Å². The van der Waals surface area contributed by atoms with E-state index < -0.39 is 0 Å². The van der Waals surface area contributed by atoms with Crippen molar-refractivity contribution in [1.29, 1.82) is 0 Å². The second-order valence-electron chi connectivity index (χ2n) is 7.06. The van der Waals surface area contributed by atoms with Gasteiger partial charge in [0.2, 0.25) is 0 Å². The molecule has 0 rings (SSSR count). The van der Waals surface area contributed by atoms with Crippen molar-refractivity contribution in [2.24, 2.45) is 5.73 Å². The Hall–Kier alpha value is -0.370.